The molecule has 0 fully saturated rings. The van der Waals surface area contributed by atoms with E-state index in [2.05, 4.69) is 30.3 Å². The summed E-state index contributed by atoms with van der Waals surface area (Å²) in [5.41, 5.74) is 3.15. The molecule has 0 aliphatic carbocycles. The van der Waals surface area contributed by atoms with E-state index >= 15 is 0 Å². The minimum Gasteiger partial charge on any atom is -0.330 e. The van der Waals surface area contributed by atoms with Gasteiger partial charge in [0.05, 0.1) is 0 Å². The molecule has 21 heavy (non-hydrogen) atoms. The number of nitrogens with zero attached hydrogens (tertiary/aromatic N) is 1. The molecule has 1 amide bonds. The van der Waals surface area contributed by atoms with Gasteiger partial charge in [-0.15, -0.1) is 0 Å². The lowest BCUT2D eigenvalue weighted by molar-refractivity contribution is 0.0767. The van der Waals surface area contributed by atoms with Gasteiger partial charge in [-0.1, -0.05) is 54.6 Å². The summed E-state index contributed by atoms with van der Waals surface area (Å²) in [4.78, 5) is 14.3. The van der Waals surface area contributed by atoms with Gasteiger partial charge in [0.2, 0.25) is 0 Å². The Balaban J connectivity index is 1.63. The Hall–Kier alpha value is -2.61. The Morgan fingerprint density at radius 3 is 2.48 bits per heavy atom. The number of fused-ring (bicyclic) bond motifs is 2. The van der Waals surface area contributed by atoms with Crippen LogP contribution >= 0.6 is 0 Å². The van der Waals surface area contributed by atoms with Crippen LogP contribution in [0.5, 0.6) is 0 Å². The summed E-state index contributed by atoms with van der Waals surface area (Å²) in [5.74, 6) is 0.138. The zero-order chi connectivity index (χ0) is 14.2. The molecule has 3 aromatic rings. The van der Waals surface area contributed by atoms with E-state index in [4.69, 9.17) is 0 Å². The first-order valence-electron chi connectivity index (χ1n) is 7.16. The maximum Gasteiger partial charge on any atom is 0.254 e. The molecule has 0 unspecified atom stereocenters. The van der Waals surface area contributed by atoms with Gasteiger partial charge in [0.25, 0.3) is 5.91 Å². The van der Waals surface area contributed by atoms with Crippen LogP contribution in [0.2, 0.25) is 0 Å². The summed E-state index contributed by atoms with van der Waals surface area (Å²) in [6.45, 7) is 1.38. The van der Waals surface area contributed by atoms with E-state index in [9.17, 15) is 4.79 Å². The molecule has 2 nitrogen and oxygen atoms in total. The molecule has 0 atom stereocenters. The third kappa shape index (κ3) is 2.09. The summed E-state index contributed by atoms with van der Waals surface area (Å²) in [7, 11) is 0. The van der Waals surface area contributed by atoms with Crippen molar-refractivity contribution in [1.82, 2.24) is 4.90 Å². The molecule has 1 aliphatic heterocycles. The van der Waals surface area contributed by atoms with Crippen molar-refractivity contribution in [3.8, 4) is 0 Å². The van der Waals surface area contributed by atoms with E-state index in [0.717, 1.165) is 11.1 Å². The van der Waals surface area contributed by atoms with Gasteiger partial charge >= 0.3 is 0 Å². The topological polar surface area (TPSA) is 20.3 Å². The van der Waals surface area contributed by atoms with Crippen LogP contribution in [0.3, 0.4) is 0 Å². The molecule has 3 aromatic carbocycles. The largest absolute Gasteiger partial charge is 0.330 e. The summed E-state index contributed by atoms with van der Waals surface area (Å²) >= 11 is 0. The molecule has 0 aromatic heterocycles. The van der Waals surface area contributed by atoms with Crippen LogP contribution in [-0.4, -0.2) is 10.8 Å². The van der Waals surface area contributed by atoms with Crippen LogP contribution in [-0.2, 0) is 13.1 Å². The van der Waals surface area contributed by atoms with Gasteiger partial charge in [0.15, 0.2) is 0 Å². The molecule has 2 heteroatoms. The van der Waals surface area contributed by atoms with Crippen molar-refractivity contribution in [2.45, 2.75) is 13.1 Å². The highest BCUT2D eigenvalue weighted by Crippen LogP contribution is 2.25. The van der Waals surface area contributed by atoms with Crippen molar-refractivity contribution in [3.05, 3.63) is 83.4 Å². The molecule has 4 rings (SSSR count). The van der Waals surface area contributed by atoms with E-state index < -0.39 is 0 Å². The Bertz CT molecular complexity index is 838. The average Bonchev–Trinajstić information content (AvgIpc) is 2.84. The van der Waals surface area contributed by atoms with E-state index in [1.807, 2.05) is 41.3 Å². The van der Waals surface area contributed by atoms with Crippen molar-refractivity contribution >= 4 is 16.7 Å². The lowest BCUT2D eigenvalue weighted by atomic mass is 10.1. The first-order chi connectivity index (χ1) is 10.3. The lowest BCUT2D eigenvalue weighted by Gasteiger charge is -2.16. The van der Waals surface area contributed by atoms with Crippen molar-refractivity contribution in [2.75, 3.05) is 0 Å². The zero-order valence-corrected chi connectivity index (χ0v) is 11.6. The minimum absolute atomic E-state index is 0.138. The van der Waals surface area contributed by atoms with Gasteiger partial charge in [-0.3, -0.25) is 4.79 Å². The fourth-order valence-electron chi connectivity index (χ4n) is 3.00. The van der Waals surface area contributed by atoms with Crippen LogP contribution in [0.1, 0.15) is 21.5 Å². The van der Waals surface area contributed by atoms with Crippen molar-refractivity contribution in [1.29, 1.82) is 0 Å². The molecular formula is C19H15NO. The van der Waals surface area contributed by atoms with Gasteiger partial charge in [-0.25, -0.2) is 0 Å². The molecule has 0 saturated heterocycles. The van der Waals surface area contributed by atoms with Crippen LogP contribution in [0, 0.1) is 0 Å². The first-order valence-corrected chi connectivity index (χ1v) is 7.16. The predicted octanol–water partition coefficient (Wildman–Crippen LogP) is 4.00. The van der Waals surface area contributed by atoms with Gasteiger partial charge < -0.3 is 4.90 Å². The highest BCUT2D eigenvalue weighted by atomic mass is 16.2. The summed E-state index contributed by atoms with van der Waals surface area (Å²) in [5, 5.41) is 2.46. The molecule has 1 heterocycles. The maximum atomic E-state index is 12.4. The normalized spacial score (nSPS) is 13.7. The second-order valence-electron chi connectivity index (χ2n) is 5.50. The Kier molecular flexibility index (Phi) is 2.74. The standard InChI is InChI=1S/C19H15NO/c21-19-18-8-4-3-7-17(18)13-20(19)12-14-9-10-15-5-1-2-6-16(15)11-14/h1-11H,12-13H2. The summed E-state index contributed by atoms with van der Waals surface area (Å²) < 4.78 is 0. The molecule has 102 valence electrons. The van der Waals surface area contributed by atoms with Gasteiger partial charge in [-0.05, 0) is 34.0 Å². The molecule has 0 N–H and O–H groups in total. The van der Waals surface area contributed by atoms with Crippen LogP contribution in [0.15, 0.2) is 66.7 Å². The maximum absolute atomic E-state index is 12.4. The number of hydrogen-bond donors (Lipinski definition) is 0. The Labute approximate surface area is 123 Å². The monoisotopic (exact) mass is 273 g/mol. The lowest BCUT2D eigenvalue weighted by Crippen LogP contribution is -2.23. The second kappa shape index (κ2) is 4.74. The number of hydrogen-bond acceptors (Lipinski definition) is 1. The van der Waals surface area contributed by atoms with E-state index in [1.165, 1.54) is 16.3 Å². The van der Waals surface area contributed by atoms with Crippen molar-refractivity contribution < 1.29 is 4.79 Å². The third-order valence-corrected chi connectivity index (χ3v) is 4.08. The van der Waals surface area contributed by atoms with Gasteiger partial charge in [0.1, 0.15) is 0 Å². The number of rotatable bonds is 2. The SMILES string of the molecule is O=C1c2ccccc2CN1Cc1ccc2ccccc2c1. The van der Waals surface area contributed by atoms with Crippen LogP contribution < -0.4 is 0 Å². The van der Waals surface area contributed by atoms with E-state index in [-0.39, 0.29) is 5.91 Å². The Morgan fingerprint density at radius 2 is 1.62 bits per heavy atom. The number of carbonyl (C=O) groups is 1. The molecular weight excluding hydrogens is 258 g/mol. The van der Waals surface area contributed by atoms with E-state index in [1.54, 1.807) is 0 Å². The van der Waals surface area contributed by atoms with Gasteiger partial charge in [0, 0.05) is 18.7 Å². The van der Waals surface area contributed by atoms with Gasteiger partial charge in [-0.2, -0.15) is 0 Å². The van der Waals surface area contributed by atoms with Crippen molar-refractivity contribution in [2.24, 2.45) is 0 Å². The smallest absolute Gasteiger partial charge is 0.254 e. The number of carbonyl (C=O) groups excluding carboxylic acids is 1. The number of benzene rings is 3. The summed E-state index contributed by atoms with van der Waals surface area (Å²) in [6.07, 6.45) is 0. The Morgan fingerprint density at radius 1 is 0.857 bits per heavy atom. The molecule has 0 radical (unpaired) electrons. The zero-order valence-electron chi connectivity index (χ0n) is 11.6. The number of amides is 1. The predicted molar refractivity (Wildman–Crippen MR) is 84.0 cm³/mol. The quantitative estimate of drug-likeness (QED) is 0.691. The fraction of sp³-hybridized carbons (Fsp3) is 0.105. The second-order valence-corrected chi connectivity index (χ2v) is 5.50. The summed E-state index contributed by atoms with van der Waals surface area (Å²) in [6, 6.07) is 22.6. The van der Waals surface area contributed by atoms with Crippen molar-refractivity contribution in [3.63, 3.8) is 0 Å². The third-order valence-electron chi connectivity index (χ3n) is 4.08. The molecule has 0 spiro atoms. The van der Waals surface area contributed by atoms with Crippen LogP contribution in [0.4, 0.5) is 0 Å². The van der Waals surface area contributed by atoms with Crippen LogP contribution in [0.25, 0.3) is 10.8 Å². The highest BCUT2D eigenvalue weighted by Gasteiger charge is 2.26. The molecule has 0 bridgehead atoms. The highest BCUT2D eigenvalue weighted by molar-refractivity contribution is 5.98. The molecule has 0 saturated carbocycles. The first kappa shape index (κ1) is 12.2. The molecule has 1 aliphatic rings. The average molecular weight is 273 g/mol. The minimum atomic E-state index is 0.138. The van der Waals surface area contributed by atoms with E-state index in [0.29, 0.717) is 13.1 Å². The fourth-order valence-corrected chi connectivity index (χ4v) is 3.00.